The van der Waals surface area contributed by atoms with Crippen LogP contribution in [-0.2, 0) is 4.79 Å². The number of Topliss-reactive ketones (excluding diaryl/α,β-unsaturated/α-hetero) is 1. The summed E-state index contributed by atoms with van der Waals surface area (Å²) in [4.78, 5) is 23.6. The Bertz CT molecular complexity index is 513. The molecule has 0 heterocycles. The molecular weight excluding hydrogens is 264 g/mol. The Hall–Kier alpha value is -1.84. The number of carbonyl (C=O) groups is 2. The molecular formula is C17H24N2O2. The van der Waals surface area contributed by atoms with Crippen molar-refractivity contribution in [3.63, 3.8) is 0 Å². The number of rotatable bonds is 5. The molecule has 21 heavy (non-hydrogen) atoms. The van der Waals surface area contributed by atoms with Crippen LogP contribution in [0.3, 0.4) is 0 Å². The molecule has 2 N–H and O–H groups in total. The zero-order valence-electron chi connectivity index (χ0n) is 12.8. The zero-order chi connectivity index (χ0) is 15.2. The molecule has 114 valence electrons. The van der Waals surface area contributed by atoms with E-state index in [-0.39, 0.29) is 24.3 Å². The van der Waals surface area contributed by atoms with Crippen LogP contribution < -0.4 is 10.6 Å². The molecule has 2 atom stereocenters. The van der Waals surface area contributed by atoms with E-state index in [1.54, 1.807) is 6.07 Å². The highest BCUT2D eigenvalue weighted by Crippen LogP contribution is 2.23. The zero-order valence-corrected chi connectivity index (χ0v) is 12.8. The first-order chi connectivity index (χ1) is 10.1. The van der Waals surface area contributed by atoms with Crippen LogP contribution in [0.1, 0.15) is 49.9 Å². The van der Waals surface area contributed by atoms with Gasteiger partial charge >= 0.3 is 0 Å². The number of nitrogens with one attached hydrogen (secondary N) is 2. The SMILES string of the molecule is CC(=O)c1ccccc1NCC(=O)NC1CCCCC1C. The van der Waals surface area contributed by atoms with Crippen molar-refractivity contribution in [1.82, 2.24) is 5.32 Å². The molecule has 1 aromatic carbocycles. The summed E-state index contributed by atoms with van der Waals surface area (Å²) >= 11 is 0. The van der Waals surface area contributed by atoms with Gasteiger partial charge in [0.2, 0.25) is 5.91 Å². The maximum absolute atomic E-state index is 12.1. The Labute approximate surface area is 126 Å². The number of para-hydroxylation sites is 1. The molecule has 0 saturated heterocycles. The maximum atomic E-state index is 12.1. The van der Waals surface area contributed by atoms with Crippen molar-refractivity contribution in [2.45, 2.75) is 45.6 Å². The lowest BCUT2D eigenvalue weighted by Gasteiger charge is -2.29. The van der Waals surface area contributed by atoms with E-state index < -0.39 is 0 Å². The smallest absolute Gasteiger partial charge is 0.239 e. The average Bonchev–Trinajstić information content (AvgIpc) is 2.48. The van der Waals surface area contributed by atoms with Gasteiger partial charge in [0.25, 0.3) is 0 Å². The fourth-order valence-corrected chi connectivity index (χ4v) is 2.91. The van der Waals surface area contributed by atoms with Gasteiger partial charge in [-0.1, -0.05) is 31.9 Å². The fourth-order valence-electron chi connectivity index (χ4n) is 2.91. The molecule has 1 aromatic rings. The highest BCUT2D eigenvalue weighted by atomic mass is 16.2. The molecule has 4 heteroatoms. The summed E-state index contributed by atoms with van der Waals surface area (Å²) in [7, 11) is 0. The van der Waals surface area contributed by atoms with Gasteiger partial charge in [-0.3, -0.25) is 9.59 Å². The summed E-state index contributed by atoms with van der Waals surface area (Å²) in [5.74, 6) is 0.540. The van der Waals surface area contributed by atoms with Crippen LogP contribution in [0.25, 0.3) is 0 Å². The molecule has 1 amide bonds. The number of hydrogen-bond donors (Lipinski definition) is 2. The molecule has 0 bridgehead atoms. The van der Waals surface area contributed by atoms with Crippen molar-refractivity contribution in [2.75, 3.05) is 11.9 Å². The fraction of sp³-hybridized carbons (Fsp3) is 0.529. The second-order valence-electron chi connectivity index (χ2n) is 5.89. The molecule has 1 aliphatic rings. The van der Waals surface area contributed by atoms with Crippen molar-refractivity contribution < 1.29 is 9.59 Å². The maximum Gasteiger partial charge on any atom is 0.239 e. The molecule has 2 rings (SSSR count). The van der Waals surface area contributed by atoms with Gasteiger partial charge < -0.3 is 10.6 Å². The molecule has 0 radical (unpaired) electrons. The minimum Gasteiger partial charge on any atom is -0.376 e. The largest absolute Gasteiger partial charge is 0.376 e. The van der Waals surface area contributed by atoms with Crippen LogP contribution in [0.5, 0.6) is 0 Å². The Morgan fingerprint density at radius 1 is 1.19 bits per heavy atom. The van der Waals surface area contributed by atoms with E-state index in [9.17, 15) is 9.59 Å². The standard InChI is InChI=1S/C17H24N2O2/c1-12-7-3-5-9-15(12)19-17(21)11-18-16-10-6-4-8-14(16)13(2)20/h4,6,8,10,12,15,18H,3,5,7,9,11H2,1-2H3,(H,19,21). The van der Waals surface area contributed by atoms with Gasteiger partial charge in [-0.15, -0.1) is 0 Å². The lowest BCUT2D eigenvalue weighted by molar-refractivity contribution is -0.120. The Kier molecular flexibility index (Phi) is 5.37. The van der Waals surface area contributed by atoms with Crippen LogP contribution >= 0.6 is 0 Å². The predicted molar refractivity (Wildman–Crippen MR) is 84.5 cm³/mol. The van der Waals surface area contributed by atoms with Crippen molar-refractivity contribution >= 4 is 17.4 Å². The number of anilines is 1. The number of carbonyl (C=O) groups excluding carboxylic acids is 2. The number of benzene rings is 1. The van der Waals surface area contributed by atoms with Crippen molar-refractivity contribution in [3.8, 4) is 0 Å². The van der Waals surface area contributed by atoms with E-state index in [0.29, 0.717) is 11.5 Å². The first kappa shape index (κ1) is 15.5. The lowest BCUT2D eigenvalue weighted by atomic mass is 9.86. The predicted octanol–water partition coefficient (Wildman–Crippen LogP) is 3.00. The molecule has 1 fully saturated rings. The first-order valence-electron chi connectivity index (χ1n) is 7.71. The number of ketones is 1. The van der Waals surface area contributed by atoms with Crippen LogP contribution in [0, 0.1) is 5.92 Å². The second kappa shape index (κ2) is 7.25. The van der Waals surface area contributed by atoms with Crippen LogP contribution in [0.15, 0.2) is 24.3 Å². The van der Waals surface area contributed by atoms with Gasteiger partial charge in [0.05, 0.1) is 6.54 Å². The van der Waals surface area contributed by atoms with Gasteiger partial charge in [-0.05, 0) is 37.8 Å². The Balaban J connectivity index is 1.88. The summed E-state index contributed by atoms with van der Waals surface area (Å²) in [6.07, 6.45) is 4.70. The summed E-state index contributed by atoms with van der Waals surface area (Å²) in [5, 5.41) is 6.17. The quantitative estimate of drug-likeness (QED) is 0.819. The lowest BCUT2D eigenvalue weighted by Crippen LogP contribution is -2.43. The van der Waals surface area contributed by atoms with E-state index >= 15 is 0 Å². The van der Waals surface area contributed by atoms with E-state index in [1.165, 1.54) is 26.2 Å². The van der Waals surface area contributed by atoms with E-state index in [1.807, 2.05) is 18.2 Å². The monoisotopic (exact) mass is 288 g/mol. The summed E-state index contributed by atoms with van der Waals surface area (Å²) in [6.45, 7) is 3.93. The van der Waals surface area contributed by atoms with E-state index in [0.717, 1.165) is 12.1 Å². The molecule has 1 saturated carbocycles. The van der Waals surface area contributed by atoms with Gasteiger partial charge in [0.1, 0.15) is 0 Å². The first-order valence-corrected chi connectivity index (χ1v) is 7.71. The molecule has 2 unspecified atom stereocenters. The van der Waals surface area contributed by atoms with Crippen LogP contribution in [0.2, 0.25) is 0 Å². The molecule has 0 spiro atoms. The normalized spacial score (nSPS) is 21.6. The summed E-state index contributed by atoms with van der Waals surface area (Å²) in [5.41, 5.74) is 1.34. The highest BCUT2D eigenvalue weighted by Gasteiger charge is 2.22. The molecule has 4 nitrogen and oxygen atoms in total. The second-order valence-corrected chi connectivity index (χ2v) is 5.89. The van der Waals surface area contributed by atoms with Crippen LogP contribution in [0.4, 0.5) is 5.69 Å². The third-order valence-corrected chi connectivity index (χ3v) is 4.20. The Morgan fingerprint density at radius 2 is 1.90 bits per heavy atom. The van der Waals surface area contributed by atoms with Crippen LogP contribution in [-0.4, -0.2) is 24.3 Å². The van der Waals surface area contributed by atoms with Gasteiger partial charge in [0, 0.05) is 17.3 Å². The summed E-state index contributed by atoms with van der Waals surface area (Å²) in [6, 6.07) is 7.57. The molecule has 1 aliphatic carbocycles. The van der Waals surface area contributed by atoms with Crippen molar-refractivity contribution in [2.24, 2.45) is 5.92 Å². The topological polar surface area (TPSA) is 58.2 Å². The average molecular weight is 288 g/mol. The van der Waals surface area contributed by atoms with Crippen molar-refractivity contribution in [1.29, 1.82) is 0 Å². The highest BCUT2D eigenvalue weighted by molar-refractivity contribution is 6.00. The van der Waals surface area contributed by atoms with E-state index in [4.69, 9.17) is 0 Å². The number of hydrogen-bond acceptors (Lipinski definition) is 3. The third kappa shape index (κ3) is 4.31. The molecule has 0 aromatic heterocycles. The molecule has 0 aliphatic heterocycles. The summed E-state index contributed by atoms with van der Waals surface area (Å²) < 4.78 is 0. The Morgan fingerprint density at radius 3 is 2.62 bits per heavy atom. The van der Waals surface area contributed by atoms with Crippen molar-refractivity contribution in [3.05, 3.63) is 29.8 Å². The van der Waals surface area contributed by atoms with Gasteiger partial charge in [-0.2, -0.15) is 0 Å². The minimum atomic E-state index is -0.00731. The minimum absolute atomic E-state index is 0.000545. The van der Waals surface area contributed by atoms with Gasteiger partial charge in [-0.25, -0.2) is 0 Å². The third-order valence-electron chi connectivity index (χ3n) is 4.20. The van der Waals surface area contributed by atoms with E-state index in [2.05, 4.69) is 17.6 Å². The van der Waals surface area contributed by atoms with Gasteiger partial charge in [0.15, 0.2) is 5.78 Å². The number of amides is 1.